The van der Waals surface area contributed by atoms with E-state index in [1.165, 1.54) is 0 Å². The molecule has 0 rings (SSSR count). The molecule has 0 saturated carbocycles. The zero-order chi connectivity index (χ0) is 11.7. The summed E-state index contributed by atoms with van der Waals surface area (Å²) in [6, 6.07) is 0. The maximum atomic E-state index is 10.8. The summed E-state index contributed by atoms with van der Waals surface area (Å²) in [4.78, 5) is 21.6. The highest BCUT2D eigenvalue weighted by molar-refractivity contribution is 5.82. The number of aliphatic hydroxyl groups is 1. The van der Waals surface area contributed by atoms with Gasteiger partial charge in [0.25, 0.3) is 0 Å². The molecule has 0 bridgehead atoms. The number of aliphatic hydroxyl groups excluding tert-OH is 1. The zero-order valence-electron chi connectivity index (χ0n) is 8.60. The van der Waals surface area contributed by atoms with Gasteiger partial charge in [-0.05, 0) is 0 Å². The first-order valence-electron chi connectivity index (χ1n) is 4.29. The fraction of sp³-hybridized carbons (Fsp3) is 0.333. The van der Waals surface area contributed by atoms with E-state index in [1.54, 1.807) is 0 Å². The van der Waals surface area contributed by atoms with Gasteiger partial charge in [0, 0.05) is 18.6 Å². The lowest BCUT2D eigenvalue weighted by Crippen LogP contribution is -2.24. The summed E-state index contributed by atoms with van der Waals surface area (Å²) in [6.45, 7) is 6.35. The minimum Gasteiger partial charge on any atom is -0.422 e. The van der Waals surface area contributed by atoms with Crippen molar-refractivity contribution in [3.63, 3.8) is 0 Å². The summed E-state index contributed by atoms with van der Waals surface area (Å²) in [5.74, 6) is -1.44. The number of hydrogen-bond donors (Lipinski definition) is 1. The first kappa shape index (κ1) is 10.5. The van der Waals surface area contributed by atoms with Gasteiger partial charge in [-0.1, -0.05) is 13.2 Å². The van der Waals surface area contributed by atoms with Crippen LogP contribution in [0.15, 0.2) is 25.3 Å². The first-order chi connectivity index (χ1) is 7.13. The van der Waals surface area contributed by atoms with Crippen LogP contribution in [-0.2, 0) is 19.1 Å². The van der Waals surface area contributed by atoms with Crippen molar-refractivity contribution in [2.45, 2.75) is 12.7 Å². The SMILES string of the molecule is [2H]OCCC(OC(=O)C=C)OC(=O)C=C. The molecule has 0 spiro atoms. The van der Waals surface area contributed by atoms with Crippen molar-refractivity contribution in [1.29, 1.82) is 1.43 Å². The molecule has 0 aromatic carbocycles. The summed E-state index contributed by atoms with van der Waals surface area (Å²) in [7, 11) is 0. The maximum Gasteiger partial charge on any atom is 0.333 e. The van der Waals surface area contributed by atoms with Crippen molar-refractivity contribution >= 4 is 11.9 Å². The third-order valence-corrected chi connectivity index (χ3v) is 1.18. The molecule has 1 N–H and O–H groups in total. The number of carbonyl (C=O) groups is 2. The van der Waals surface area contributed by atoms with Crippen molar-refractivity contribution in [3.05, 3.63) is 25.3 Å². The third-order valence-electron chi connectivity index (χ3n) is 1.18. The Labute approximate surface area is 83.1 Å². The Balaban J connectivity index is 4.16. The second kappa shape index (κ2) is 6.85. The number of ether oxygens (including phenoxy) is 2. The predicted molar refractivity (Wildman–Crippen MR) is 48.1 cm³/mol. The molecule has 14 heavy (non-hydrogen) atoms. The van der Waals surface area contributed by atoms with E-state index in [9.17, 15) is 9.59 Å². The van der Waals surface area contributed by atoms with Crippen LogP contribution in [0.1, 0.15) is 6.42 Å². The Morgan fingerprint density at radius 3 is 2.21 bits per heavy atom. The van der Waals surface area contributed by atoms with Crippen LogP contribution in [0.25, 0.3) is 0 Å². The first-order valence-corrected chi connectivity index (χ1v) is 3.88. The average molecular weight is 201 g/mol. The van der Waals surface area contributed by atoms with Gasteiger partial charge in [-0.15, -0.1) is 0 Å². The van der Waals surface area contributed by atoms with Crippen LogP contribution in [0.5, 0.6) is 0 Å². The Morgan fingerprint density at radius 1 is 1.36 bits per heavy atom. The normalized spacial score (nSPS) is 10.2. The minimum atomic E-state index is -1.09. The minimum absolute atomic E-state index is 0.0283. The monoisotopic (exact) mass is 201 g/mol. The number of carbonyl (C=O) groups excluding carboxylic acids is 2. The molecule has 0 heterocycles. The molecule has 0 unspecified atom stereocenters. The predicted octanol–water partition coefficient (Wildman–Crippen LogP) is 0.153. The van der Waals surface area contributed by atoms with Gasteiger partial charge in [0.1, 0.15) is 0 Å². The van der Waals surface area contributed by atoms with Crippen LogP contribution in [0, 0.1) is 0 Å². The van der Waals surface area contributed by atoms with E-state index in [-0.39, 0.29) is 13.0 Å². The van der Waals surface area contributed by atoms with Gasteiger partial charge in [0.2, 0.25) is 7.72 Å². The summed E-state index contributed by atoms with van der Waals surface area (Å²) < 4.78 is 15.8. The highest BCUT2D eigenvalue weighted by Gasteiger charge is 2.15. The Kier molecular flexibility index (Phi) is 5.12. The van der Waals surface area contributed by atoms with Gasteiger partial charge >= 0.3 is 11.9 Å². The van der Waals surface area contributed by atoms with Crippen LogP contribution in [0.2, 0.25) is 0 Å². The van der Waals surface area contributed by atoms with Gasteiger partial charge in [0.15, 0.2) is 0 Å². The third kappa shape index (κ3) is 5.10. The summed E-state index contributed by atoms with van der Waals surface area (Å²) in [6.07, 6.45) is 0.862. The molecule has 5 nitrogen and oxygen atoms in total. The molecule has 0 atom stereocenters. The van der Waals surface area contributed by atoms with E-state index in [0.29, 0.717) is 0 Å². The molecule has 0 aliphatic heterocycles. The van der Waals surface area contributed by atoms with Crippen LogP contribution in [-0.4, -0.2) is 31.4 Å². The Morgan fingerprint density at radius 2 is 1.86 bits per heavy atom. The number of esters is 2. The van der Waals surface area contributed by atoms with Gasteiger partial charge in [-0.25, -0.2) is 9.59 Å². The zero-order valence-corrected chi connectivity index (χ0v) is 7.60. The van der Waals surface area contributed by atoms with E-state index in [2.05, 4.69) is 27.7 Å². The number of rotatable bonds is 7. The van der Waals surface area contributed by atoms with E-state index in [0.717, 1.165) is 12.2 Å². The second-order valence-corrected chi connectivity index (χ2v) is 2.20. The topological polar surface area (TPSA) is 72.8 Å². The van der Waals surface area contributed by atoms with Crippen LogP contribution < -0.4 is 0 Å². The van der Waals surface area contributed by atoms with Crippen molar-refractivity contribution < 1.29 is 24.2 Å². The Bertz CT molecular complexity index is 229. The van der Waals surface area contributed by atoms with E-state index >= 15 is 0 Å². The molecule has 5 heteroatoms. The van der Waals surface area contributed by atoms with Gasteiger partial charge in [-0.3, -0.25) is 0 Å². The summed E-state index contributed by atoms with van der Waals surface area (Å²) in [5.41, 5.74) is 0. The van der Waals surface area contributed by atoms with Crippen molar-refractivity contribution in [2.75, 3.05) is 6.61 Å². The smallest absolute Gasteiger partial charge is 0.333 e. The lowest BCUT2D eigenvalue weighted by atomic mass is 10.4. The number of hydrogen-bond acceptors (Lipinski definition) is 5. The lowest BCUT2D eigenvalue weighted by Gasteiger charge is -2.15. The molecule has 0 radical (unpaired) electrons. The van der Waals surface area contributed by atoms with Gasteiger partial charge in [-0.2, -0.15) is 0 Å². The lowest BCUT2D eigenvalue weighted by molar-refractivity contribution is -0.182. The molecule has 0 aromatic heterocycles. The van der Waals surface area contributed by atoms with Crippen LogP contribution >= 0.6 is 0 Å². The van der Waals surface area contributed by atoms with E-state index < -0.39 is 18.2 Å². The molecule has 0 aliphatic carbocycles. The standard InChI is InChI=1S/C9H12O5/c1-3-7(11)13-9(5-6-10)14-8(12)4-2/h3-4,9-10H,1-2,5-6H2/i10D. The summed E-state index contributed by atoms with van der Waals surface area (Å²) >= 11 is 0. The molecule has 0 saturated heterocycles. The quantitative estimate of drug-likeness (QED) is 0.360. The van der Waals surface area contributed by atoms with Gasteiger partial charge in [0.05, 0.1) is 6.61 Å². The molecule has 0 amide bonds. The largest absolute Gasteiger partial charge is 0.422 e. The fourth-order valence-corrected chi connectivity index (χ4v) is 0.593. The molecule has 0 aliphatic rings. The molecule has 0 aromatic rings. The fourth-order valence-electron chi connectivity index (χ4n) is 0.593. The van der Waals surface area contributed by atoms with E-state index in [1.807, 2.05) is 0 Å². The molecular formula is C9H12O5. The molecular weight excluding hydrogens is 188 g/mol. The highest BCUT2D eigenvalue weighted by atomic mass is 16.7. The summed E-state index contributed by atoms with van der Waals surface area (Å²) in [5, 5.41) is 4.02. The Hall–Kier alpha value is -1.62. The van der Waals surface area contributed by atoms with Crippen LogP contribution in [0.4, 0.5) is 0 Å². The highest BCUT2D eigenvalue weighted by Crippen LogP contribution is 2.02. The maximum absolute atomic E-state index is 10.8. The van der Waals surface area contributed by atoms with Crippen molar-refractivity contribution in [2.24, 2.45) is 0 Å². The van der Waals surface area contributed by atoms with Crippen molar-refractivity contribution in [3.8, 4) is 0 Å². The van der Waals surface area contributed by atoms with Crippen molar-refractivity contribution in [1.82, 2.24) is 0 Å². The second-order valence-electron chi connectivity index (χ2n) is 2.20. The van der Waals surface area contributed by atoms with Crippen LogP contribution in [0.3, 0.4) is 0 Å². The van der Waals surface area contributed by atoms with E-state index in [4.69, 9.17) is 1.43 Å². The van der Waals surface area contributed by atoms with Gasteiger partial charge < -0.3 is 14.6 Å². The molecule has 0 fully saturated rings. The average Bonchev–Trinajstić information content (AvgIpc) is 2.25. The molecule has 78 valence electrons.